The molecule has 0 unspecified atom stereocenters. The van der Waals surface area contributed by atoms with Crippen LogP contribution in [-0.4, -0.2) is 9.13 Å². The lowest BCUT2D eigenvalue weighted by Crippen LogP contribution is -1.99. The molecule has 0 saturated heterocycles. The van der Waals surface area contributed by atoms with Crippen molar-refractivity contribution in [2.75, 3.05) is 0 Å². The largest absolute Gasteiger partial charge is 0.318 e. The number of nitrogens with zero attached hydrogens (tertiary/aromatic N) is 5. The van der Waals surface area contributed by atoms with Gasteiger partial charge in [-0.3, -0.25) is 0 Å². The van der Waals surface area contributed by atoms with Crippen LogP contribution in [0.1, 0.15) is 5.56 Å². The van der Waals surface area contributed by atoms with E-state index >= 15 is 0 Å². The molecule has 0 spiro atoms. The third-order valence-electron chi connectivity index (χ3n) is 9.60. The van der Waals surface area contributed by atoms with Gasteiger partial charge in [0.15, 0.2) is 5.69 Å². The van der Waals surface area contributed by atoms with Gasteiger partial charge in [-0.1, -0.05) is 97.1 Å². The summed E-state index contributed by atoms with van der Waals surface area (Å²) in [6.07, 6.45) is 0. The van der Waals surface area contributed by atoms with E-state index in [1.54, 1.807) is 0 Å². The molecule has 50 heavy (non-hydrogen) atoms. The van der Waals surface area contributed by atoms with Crippen molar-refractivity contribution in [3.63, 3.8) is 0 Å². The number of benzene rings is 7. The molecule has 2 aromatic heterocycles. The molecule has 9 aromatic rings. The van der Waals surface area contributed by atoms with Crippen LogP contribution in [0.25, 0.3) is 86.9 Å². The van der Waals surface area contributed by atoms with E-state index in [2.05, 4.69) is 97.7 Å². The Hall–Kier alpha value is -7.39. The van der Waals surface area contributed by atoms with Gasteiger partial charge in [0.2, 0.25) is 5.69 Å². The van der Waals surface area contributed by atoms with Crippen LogP contribution in [0.15, 0.2) is 152 Å². The Bertz CT molecular complexity index is 2960. The van der Waals surface area contributed by atoms with Crippen molar-refractivity contribution in [1.29, 1.82) is 5.26 Å². The smallest absolute Gasteiger partial charge is 0.211 e. The summed E-state index contributed by atoms with van der Waals surface area (Å²) < 4.78 is 4.43. The van der Waals surface area contributed by atoms with Gasteiger partial charge in [0.1, 0.15) is 0 Å². The van der Waals surface area contributed by atoms with Crippen LogP contribution in [0.2, 0.25) is 0 Å². The van der Waals surface area contributed by atoms with E-state index < -0.39 is 0 Å². The zero-order valence-corrected chi connectivity index (χ0v) is 26.7. The Morgan fingerprint density at radius 2 is 1.08 bits per heavy atom. The lowest BCUT2D eigenvalue weighted by atomic mass is 9.93. The van der Waals surface area contributed by atoms with Crippen molar-refractivity contribution in [2.45, 2.75) is 0 Å². The molecular weight excluding hydrogens is 611 g/mol. The normalized spacial score (nSPS) is 11.1. The first kappa shape index (κ1) is 28.8. The molecule has 0 amide bonds. The fraction of sp³-hybridized carbons (Fsp3) is 0. The molecule has 0 fully saturated rings. The molecule has 2 heterocycles. The summed E-state index contributed by atoms with van der Waals surface area (Å²) in [6, 6.07) is 53.3. The Kier molecular flexibility index (Phi) is 6.56. The van der Waals surface area contributed by atoms with E-state index in [0.717, 1.165) is 77.2 Å². The van der Waals surface area contributed by atoms with E-state index in [4.69, 9.17) is 13.1 Å². The number of aromatic nitrogens is 2. The van der Waals surface area contributed by atoms with Crippen molar-refractivity contribution in [1.82, 2.24) is 9.13 Å². The fourth-order valence-electron chi connectivity index (χ4n) is 7.43. The number of para-hydroxylation sites is 3. The molecule has 0 bridgehead atoms. The van der Waals surface area contributed by atoms with Crippen LogP contribution in [-0.2, 0) is 0 Å². The van der Waals surface area contributed by atoms with Crippen LogP contribution < -0.4 is 0 Å². The van der Waals surface area contributed by atoms with Crippen LogP contribution in [0.4, 0.5) is 11.4 Å². The first-order valence-corrected chi connectivity index (χ1v) is 16.2. The van der Waals surface area contributed by atoms with Gasteiger partial charge in [0, 0.05) is 21.8 Å². The van der Waals surface area contributed by atoms with Gasteiger partial charge in [-0.05, 0) is 82.2 Å². The highest BCUT2D eigenvalue weighted by atomic mass is 15.0. The molecular formula is C45H25N5. The number of hydrogen-bond donors (Lipinski definition) is 0. The summed E-state index contributed by atoms with van der Waals surface area (Å²) >= 11 is 0. The molecule has 9 rings (SSSR count). The second-order valence-corrected chi connectivity index (χ2v) is 12.2. The van der Waals surface area contributed by atoms with Gasteiger partial charge in [-0.15, -0.1) is 0 Å². The number of fused-ring (bicyclic) bond motifs is 6. The summed E-state index contributed by atoms with van der Waals surface area (Å²) in [5.74, 6) is 0. The molecule has 0 aliphatic heterocycles. The predicted molar refractivity (Wildman–Crippen MR) is 203 cm³/mol. The average Bonchev–Trinajstić information content (AvgIpc) is 3.69. The molecule has 0 radical (unpaired) electrons. The summed E-state index contributed by atoms with van der Waals surface area (Å²) in [5.41, 5.74) is 11.8. The SMILES string of the molecule is [C-]#[N+]c1ccc2c(c1)c1ccccc1n2-c1c([N+]#[C-])cccc1-c1ccccc1-c1ccc(-n2c3ccccc3c3cc(C#N)ccc32)cc1. The van der Waals surface area contributed by atoms with Crippen LogP contribution >= 0.6 is 0 Å². The van der Waals surface area contributed by atoms with E-state index in [1.807, 2.05) is 78.9 Å². The first-order valence-electron chi connectivity index (χ1n) is 16.2. The van der Waals surface area contributed by atoms with E-state index in [0.29, 0.717) is 16.9 Å². The van der Waals surface area contributed by atoms with Crippen molar-refractivity contribution >= 4 is 55.0 Å². The Morgan fingerprint density at radius 3 is 1.80 bits per heavy atom. The number of hydrogen-bond acceptors (Lipinski definition) is 1. The standard InChI is InChI=1S/C45H25N5/c1-47-31-21-25-44-39(27-31)36-13-6-8-17-42(36)50(44)45-37(14-9-15-40(45)48-2)34-11-4-3-10-33(34)30-19-22-32(23-20-30)49-41-16-7-5-12-35(41)38-26-29(28-46)18-24-43(38)49/h3-27H. The van der Waals surface area contributed by atoms with E-state index in [-0.39, 0.29) is 0 Å². The van der Waals surface area contributed by atoms with Gasteiger partial charge >= 0.3 is 0 Å². The molecule has 7 aromatic carbocycles. The summed E-state index contributed by atoms with van der Waals surface area (Å²) in [7, 11) is 0. The molecule has 0 N–H and O–H groups in total. The zero-order valence-electron chi connectivity index (χ0n) is 26.7. The average molecular weight is 636 g/mol. The van der Waals surface area contributed by atoms with Crippen molar-refractivity contribution in [2.24, 2.45) is 0 Å². The summed E-state index contributed by atoms with van der Waals surface area (Å²) in [6.45, 7) is 15.8. The molecule has 0 aliphatic rings. The monoisotopic (exact) mass is 635 g/mol. The Morgan fingerprint density at radius 1 is 0.480 bits per heavy atom. The molecule has 0 aliphatic carbocycles. The Balaban J connectivity index is 1.23. The van der Waals surface area contributed by atoms with Crippen LogP contribution in [0.3, 0.4) is 0 Å². The minimum absolute atomic E-state index is 0.551. The maximum Gasteiger partial charge on any atom is 0.211 e. The third kappa shape index (κ3) is 4.31. The van der Waals surface area contributed by atoms with E-state index in [1.165, 1.54) is 0 Å². The predicted octanol–water partition coefficient (Wildman–Crippen LogP) is 12.2. The van der Waals surface area contributed by atoms with E-state index in [9.17, 15) is 5.26 Å². The summed E-state index contributed by atoms with van der Waals surface area (Å²) in [5, 5.41) is 13.7. The lowest BCUT2D eigenvalue weighted by molar-refractivity contribution is 1.18. The highest BCUT2D eigenvalue weighted by Gasteiger charge is 2.21. The minimum atomic E-state index is 0.551. The minimum Gasteiger partial charge on any atom is -0.318 e. The van der Waals surface area contributed by atoms with Gasteiger partial charge < -0.3 is 9.13 Å². The molecule has 0 atom stereocenters. The molecule has 5 heteroatoms. The van der Waals surface area contributed by atoms with Gasteiger partial charge in [-0.25, -0.2) is 9.69 Å². The second-order valence-electron chi connectivity index (χ2n) is 12.2. The lowest BCUT2D eigenvalue weighted by Gasteiger charge is -2.19. The molecule has 230 valence electrons. The van der Waals surface area contributed by atoms with Gasteiger partial charge in [0.25, 0.3) is 0 Å². The quantitative estimate of drug-likeness (QED) is 0.177. The maximum atomic E-state index is 9.57. The van der Waals surface area contributed by atoms with Crippen molar-refractivity contribution < 1.29 is 0 Å². The van der Waals surface area contributed by atoms with Crippen LogP contribution in [0.5, 0.6) is 0 Å². The van der Waals surface area contributed by atoms with Crippen molar-refractivity contribution in [3.8, 4) is 39.7 Å². The third-order valence-corrected chi connectivity index (χ3v) is 9.60. The fourth-order valence-corrected chi connectivity index (χ4v) is 7.43. The van der Waals surface area contributed by atoms with Gasteiger partial charge in [0.05, 0.1) is 52.5 Å². The Labute approximate surface area is 288 Å². The number of nitriles is 1. The first-order chi connectivity index (χ1) is 24.7. The molecule has 0 saturated carbocycles. The maximum absolute atomic E-state index is 9.57. The van der Waals surface area contributed by atoms with Crippen LogP contribution in [0, 0.1) is 24.5 Å². The second kappa shape index (κ2) is 11.4. The molecule has 5 nitrogen and oxygen atoms in total. The highest BCUT2D eigenvalue weighted by Crippen LogP contribution is 2.44. The van der Waals surface area contributed by atoms with Crippen molar-refractivity contribution in [3.05, 3.63) is 180 Å². The highest BCUT2D eigenvalue weighted by molar-refractivity contribution is 6.12. The summed E-state index contributed by atoms with van der Waals surface area (Å²) in [4.78, 5) is 7.71. The zero-order chi connectivity index (χ0) is 33.8. The number of rotatable bonds is 4. The topological polar surface area (TPSA) is 42.4 Å². The van der Waals surface area contributed by atoms with Gasteiger partial charge in [-0.2, -0.15) is 5.26 Å².